The first-order valence-corrected chi connectivity index (χ1v) is 5.33. The molecule has 2 nitrogen and oxygen atoms in total. The Bertz CT molecular complexity index is 419. The number of nitrogens with zero attached hydrogens (tertiary/aromatic N) is 1. The third kappa shape index (κ3) is 2.09. The molecular formula is C13H15NO. The van der Waals surface area contributed by atoms with Crippen LogP contribution in [0, 0.1) is 0 Å². The van der Waals surface area contributed by atoms with Crippen LogP contribution in [0.4, 0.5) is 0 Å². The fourth-order valence-corrected chi connectivity index (χ4v) is 1.47. The molecule has 2 heteroatoms. The van der Waals surface area contributed by atoms with Crippen molar-refractivity contribution in [2.45, 2.75) is 26.2 Å². The molecule has 0 aliphatic rings. The lowest BCUT2D eigenvalue weighted by molar-refractivity contribution is 0.365. The van der Waals surface area contributed by atoms with E-state index in [1.165, 1.54) is 0 Å². The number of rotatable bonds is 3. The van der Waals surface area contributed by atoms with E-state index in [2.05, 4.69) is 19.0 Å². The van der Waals surface area contributed by atoms with Crippen LogP contribution in [0.2, 0.25) is 0 Å². The standard InChI is InChI=1S/C13H15NO/c1-3-10(2)13-9-12(14-15-13)11-7-5-4-6-8-11/h4-10H,3H2,1-2H3. The lowest BCUT2D eigenvalue weighted by Gasteiger charge is -1.99. The zero-order valence-electron chi connectivity index (χ0n) is 9.10. The van der Waals surface area contributed by atoms with Crippen molar-refractivity contribution in [3.63, 3.8) is 0 Å². The largest absolute Gasteiger partial charge is 0.361 e. The first-order valence-electron chi connectivity index (χ1n) is 5.33. The molecule has 0 N–H and O–H groups in total. The molecule has 78 valence electrons. The van der Waals surface area contributed by atoms with Crippen LogP contribution in [-0.4, -0.2) is 5.16 Å². The van der Waals surface area contributed by atoms with Crippen LogP contribution in [0.5, 0.6) is 0 Å². The molecule has 2 aromatic rings. The van der Waals surface area contributed by atoms with Gasteiger partial charge in [0.05, 0.1) is 0 Å². The third-order valence-corrected chi connectivity index (χ3v) is 2.70. The Labute approximate surface area is 89.9 Å². The Hall–Kier alpha value is -1.57. The molecule has 0 fully saturated rings. The van der Waals surface area contributed by atoms with E-state index < -0.39 is 0 Å². The molecule has 1 atom stereocenters. The average molecular weight is 201 g/mol. The van der Waals surface area contributed by atoms with Gasteiger partial charge in [0.25, 0.3) is 0 Å². The summed E-state index contributed by atoms with van der Waals surface area (Å²) < 4.78 is 5.32. The van der Waals surface area contributed by atoms with Gasteiger partial charge in [0.15, 0.2) is 0 Å². The molecule has 1 aromatic carbocycles. The highest BCUT2D eigenvalue weighted by molar-refractivity contribution is 5.58. The van der Waals surface area contributed by atoms with Crippen molar-refractivity contribution in [1.82, 2.24) is 5.16 Å². The van der Waals surface area contributed by atoms with E-state index in [4.69, 9.17) is 4.52 Å². The number of hydrogen-bond acceptors (Lipinski definition) is 2. The molecule has 0 aliphatic heterocycles. The molecule has 1 aromatic heterocycles. The Morgan fingerprint density at radius 1 is 1.27 bits per heavy atom. The van der Waals surface area contributed by atoms with E-state index in [0.717, 1.165) is 23.4 Å². The van der Waals surface area contributed by atoms with Crippen LogP contribution >= 0.6 is 0 Å². The highest BCUT2D eigenvalue weighted by Crippen LogP contribution is 2.24. The van der Waals surface area contributed by atoms with Crippen molar-refractivity contribution in [3.8, 4) is 11.3 Å². The maximum absolute atomic E-state index is 5.32. The van der Waals surface area contributed by atoms with Crippen LogP contribution in [0.3, 0.4) is 0 Å². The second kappa shape index (κ2) is 4.30. The number of benzene rings is 1. The Morgan fingerprint density at radius 2 is 2.00 bits per heavy atom. The molecule has 0 saturated carbocycles. The van der Waals surface area contributed by atoms with Crippen molar-refractivity contribution < 1.29 is 4.52 Å². The van der Waals surface area contributed by atoms with Crippen LogP contribution in [0.25, 0.3) is 11.3 Å². The summed E-state index contributed by atoms with van der Waals surface area (Å²) in [7, 11) is 0. The minimum absolute atomic E-state index is 0.440. The van der Waals surface area contributed by atoms with E-state index in [1.807, 2.05) is 36.4 Å². The fraction of sp³-hybridized carbons (Fsp3) is 0.308. The maximum Gasteiger partial charge on any atom is 0.140 e. The molecule has 0 spiro atoms. The third-order valence-electron chi connectivity index (χ3n) is 2.70. The van der Waals surface area contributed by atoms with Crippen molar-refractivity contribution >= 4 is 0 Å². The molecule has 15 heavy (non-hydrogen) atoms. The minimum Gasteiger partial charge on any atom is -0.361 e. The van der Waals surface area contributed by atoms with Gasteiger partial charge in [0.1, 0.15) is 11.5 Å². The van der Waals surface area contributed by atoms with E-state index >= 15 is 0 Å². The first kappa shape index (κ1) is 9.97. The van der Waals surface area contributed by atoms with Crippen molar-refractivity contribution in [2.75, 3.05) is 0 Å². The molecule has 0 amide bonds. The SMILES string of the molecule is CCC(C)c1cc(-c2ccccc2)no1. The zero-order chi connectivity index (χ0) is 10.7. The van der Waals surface area contributed by atoms with Crippen LogP contribution in [0.15, 0.2) is 40.9 Å². The van der Waals surface area contributed by atoms with Gasteiger partial charge in [-0.25, -0.2) is 0 Å². The van der Waals surface area contributed by atoms with Crippen molar-refractivity contribution in [1.29, 1.82) is 0 Å². The van der Waals surface area contributed by atoms with Gasteiger partial charge in [-0.2, -0.15) is 0 Å². The molecule has 0 bridgehead atoms. The molecule has 0 saturated heterocycles. The summed E-state index contributed by atoms with van der Waals surface area (Å²) in [6, 6.07) is 12.1. The van der Waals surface area contributed by atoms with Crippen molar-refractivity contribution in [3.05, 3.63) is 42.2 Å². The quantitative estimate of drug-likeness (QED) is 0.753. The lowest BCUT2D eigenvalue weighted by Crippen LogP contribution is -1.86. The second-order valence-electron chi connectivity index (χ2n) is 3.79. The fourth-order valence-electron chi connectivity index (χ4n) is 1.47. The highest BCUT2D eigenvalue weighted by atomic mass is 16.5. The zero-order valence-corrected chi connectivity index (χ0v) is 9.10. The molecule has 1 heterocycles. The van der Waals surface area contributed by atoms with E-state index in [-0.39, 0.29) is 0 Å². The van der Waals surface area contributed by atoms with Gasteiger partial charge in [0, 0.05) is 17.5 Å². The summed E-state index contributed by atoms with van der Waals surface area (Å²) in [5.41, 5.74) is 2.03. The van der Waals surface area contributed by atoms with Gasteiger partial charge >= 0.3 is 0 Å². The summed E-state index contributed by atoms with van der Waals surface area (Å²) in [6.45, 7) is 4.30. The highest BCUT2D eigenvalue weighted by Gasteiger charge is 2.10. The van der Waals surface area contributed by atoms with E-state index in [0.29, 0.717) is 5.92 Å². The molecule has 1 unspecified atom stereocenters. The summed E-state index contributed by atoms with van der Waals surface area (Å²) in [5, 5.41) is 4.08. The Kier molecular flexibility index (Phi) is 2.86. The van der Waals surface area contributed by atoms with E-state index in [9.17, 15) is 0 Å². The summed E-state index contributed by atoms with van der Waals surface area (Å²) in [5.74, 6) is 1.41. The maximum atomic E-state index is 5.32. The van der Waals surface area contributed by atoms with Gasteiger partial charge in [-0.3, -0.25) is 0 Å². The normalized spacial score (nSPS) is 12.7. The van der Waals surface area contributed by atoms with Crippen LogP contribution in [0.1, 0.15) is 31.9 Å². The Morgan fingerprint density at radius 3 is 2.67 bits per heavy atom. The van der Waals surface area contributed by atoms with Crippen molar-refractivity contribution in [2.24, 2.45) is 0 Å². The van der Waals surface area contributed by atoms with E-state index in [1.54, 1.807) is 0 Å². The second-order valence-corrected chi connectivity index (χ2v) is 3.79. The van der Waals surface area contributed by atoms with Gasteiger partial charge < -0.3 is 4.52 Å². The van der Waals surface area contributed by atoms with Crippen LogP contribution in [-0.2, 0) is 0 Å². The van der Waals surface area contributed by atoms with Gasteiger partial charge in [0.2, 0.25) is 0 Å². The summed E-state index contributed by atoms with van der Waals surface area (Å²) in [4.78, 5) is 0. The predicted molar refractivity (Wildman–Crippen MR) is 60.6 cm³/mol. The average Bonchev–Trinajstić information content (AvgIpc) is 2.78. The summed E-state index contributed by atoms with van der Waals surface area (Å²) >= 11 is 0. The molecular weight excluding hydrogens is 186 g/mol. The number of hydrogen-bond donors (Lipinski definition) is 0. The van der Waals surface area contributed by atoms with Gasteiger partial charge in [-0.05, 0) is 6.42 Å². The lowest BCUT2D eigenvalue weighted by atomic mass is 10.0. The molecule has 2 rings (SSSR count). The summed E-state index contributed by atoms with van der Waals surface area (Å²) in [6.07, 6.45) is 1.07. The monoisotopic (exact) mass is 201 g/mol. The van der Waals surface area contributed by atoms with Crippen LogP contribution < -0.4 is 0 Å². The molecule has 0 aliphatic carbocycles. The minimum atomic E-state index is 0.440. The first-order chi connectivity index (χ1) is 7.31. The molecule has 0 radical (unpaired) electrons. The number of aromatic nitrogens is 1. The topological polar surface area (TPSA) is 26.0 Å². The van der Waals surface area contributed by atoms with Gasteiger partial charge in [-0.1, -0.05) is 49.3 Å². The smallest absolute Gasteiger partial charge is 0.140 e. The van der Waals surface area contributed by atoms with Gasteiger partial charge in [-0.15, -0.1) is 0 Å². The Balaban J connectivity index is 2.28. The predicted octanol–water partition coefficient (Wildman–Crippen LogP) is 3.86.